The van der Waals surface area contributed by atoms with E-state index in [0.29, 0.717) is 12.2 Å². The third-order valence-corrected chi connectivity index (χ3v) is 2.60. The number of nitrogens with two attached hydrogens (primary N) is 1. The summed E-state index contributed by atoms with van der Waals surface area (Å²) in [7, 11) is 0. The molecule has 0 saturated heterocycles. The van der Waals surface area contributed by atoms with E-state index in [-0.39, 0.29) is 24.3 Å². The van der Waals surface area contributed by atoms with Crippen LogP contribution >= 0.6 is 0 Å². The van der Waals surface area contributed by atoms with Gasteiger partial charge >= 0.3 is 0 Å². The van der Waals surface area contributed by atoms with Crippen molar-refractivity contribution in [3.8, 4) is 0 Å². The van der Waals surface area contributed by atoms with Gasteiger partial charge in [0.05, 0.1) is 12.5 Å². The van der Waals surface area contributed by atoms with Crippen LogP contribution in [0.1, 0.15) is 25.3 Å². The first-order valence-electron chi connectivity index (χ1n) is 5.94. The minimum Gasteiger partial charge on any atom is -0.399 e. The Labute approximate surface area is 107 Å². The van der Waals surface area contributed by atoms with E-state index in [9.17, 15) is 9.59 Å². The second-order valence-electron chi connectivity index (χ2n) is 4.06. The van der Waals surface area contributed by atoms with Gasteiger partial charge in [0.25, 0.3) is 0 Å². The highest BCUT2D eigenvalue weighted by Gasteiger charge is 2.15. The van der Waals surface area contributed by atoms with Gasteiger partial charge in [0.2, 0.25) is 11.8 Å². The second kappa shape index (κ2) is 6.64. The third-order valence-electron chi connectivity index (χ3n) is 2.60. The summed E-state index contributed by atoms with van der Waals surface area (Å²) in [5, 5.41) is 5.21. The number of hydrogen-bond donors (Lipinski definition) is 3. The molecule has 5 heteroatoms. The molecule has 0 aliphatic rings. The van der Waals surface area contributed by atoms with E-state index < -0.39 is 0 Å². The number of nitrogen functional groups attached to an aromatic ring is 1. The number of likely N-dealkylation sites (N-methyl/N-ethyl adjacent to an activating group) is 1. The predicted octanol–water partition coefficient (Wildman–Crippen LogP) is 0.625. The van der Waals surface area contributed by atoms with E-state index in [1.807, 2.05) is 13.0 Å². The molecule has 2 amide bonds. The van der Waals surface area contributed by atoms with Gasteiger partial charge in [0.15, 0.2) is 0 Å². The average Bonchev–Trinajstić information content (AvgIpc) is 2.35. The molecule has 1 unspecified atom stereocenters. The summed E-state index contributed by atoms with van der Waals surface area (Å²) in [6.07, 6.45) is 0. The lowest BCUT2D eigenvalue weighted by atomic mass is 10.00. The maximum atomic E-state index is 11.8. The quantitative estimate of drug-likeness (QED) is 0.669. The fourth-order valence-electron chi connectivity index (χ4n) is 1.56. The van der Waals surface area contributed by atoms with Crippen molar-refractivity contribution >= 4 is 17.5 Å². The molecule has 0 radical (unpaired) electrons. The Balaban J connectivity index is 2.54. The smallest absolute Gasteiger partial charge is 0.239 e. The van der Waals surface area contributed by atoms with E-state index in [2.05, 4.69) is 10.6 Å². The number of amides is 2. The zero-order chi connectivity index (χ0) is 13.5. The first kappa shape index (κ1) is 14.0. The van der Waals surface area contributed by atoms with Crippen LogP contribution in [0.15, 0.2) is 24.3 Å². The topological polar surface area (TPSA) is 84.2 Å². The molecule has 4 N–H and O–H groups in total. The molecule has 0 aliphatic carbocycles. The number of hydrogen-bond acceptors (Lipinski definition) is 3. The number of rotatable bonds is 5. The highest BCUT2D eigenvalue weighted by molar-refractivity contribution is 5.88. The van der Waals surface area contributed by atoms with Crippen molar-refractivity contribution in [2.45, 2.75) is 19.8 Å². The standard InChI is InChI=1S/C13H19N3O2/c1-3-15-12(17)8-16-13(18)9(2)10-5-4-6-11(14)7-10/h4-7,9H,3,8,14H2,1-2H3,(H,15,17)(H,16,18). The van der Waals surface area contributed by atoms with Crippen molar-refractivity contribution in [3.63, 3.8) is 0 Å². The summed E-state index contributed by atoms with van der Waals surface area (Å²) in [6, 6.07) is 7.17. The lowest BCUT2D eigenvalue weighted by molar-refractivity contribution is -0.126. The number of anilines is 1. The summed E-state index contributed by atoms with van der Waals surface area (Å²) in [5.41, 5.74) is 7.12. The first-order valence-corrected chi connectivity index (χ1v) is 5.94. The monoisotopic (exact) mass is 249 g/mol. The van der Waals surface area contributed by atoms with Crippen LogP contribution in [0.25, 0.3) is 0 Å². The van der Waals surface area contributed by atoms with Gasteiger partial charge in [-0.05, 0) is 31.5 Å². The molecule has 18 heavy (non-hydrogen) atoms. The SMILES string of the molecule is CCNC(=O)CNC(=O)C(C)c1cccc(N)c1. The molecule has 5 nitrogen and oxygen atoms in total. The molecule has 0 saturated carbocycles. The van der Waals surface area contributed by atoms with Crippen LogP contribution in [0, 0.1) is 0 Å². The highest BCUT2D eigenvalue weighted by Crippen LogP contribution is 2.17. The normalized spacial score (nSPS) is 11.7. The third kappa shape index (κ3) is 4.08. The molecule has 1 aromatic carbocycles. The van der Waals surface area contributed by atoms with Crippen LogP contribution in [0.3, 0.4) is 0 Å². The lowest BCUT2D eigenvalue weighted by Gasteiger charge is -2.12. The van der Waals surface area contributed by atoms with Gasteiger partial charge in [-0.3, -0.25) is 9.59 Å². The summed E-state index contributed by atoms with van der Waals surface area (Å²) in [5.74, 6) is -0.708. The minimum atomic E-state index is -0.331. The molecule has 1 aromatic rings. The Hall–Kier alpha value is -2.04. The average molecular weight is 249 g/mol. The number of nitrogens with one attached hydrogen (secondary N) is 2. The van der Waals surface area contributed by atoms with Crippen molar-refractivity contribution in [2.75, 3.05) is 18.8 Å². The molecule has 0 aliphatic heterocycles. The van der Waals surface area contributed by atoms with Crippen molar-refractivity contribution in [1.82, 2.24) is 10.6 Å². The Morgan fingerprint density at radius 3 is 2.67 bits per heavy atom. The van der Waals surface area contributed by atoms with E-state index in [1.165, 1.54) is 0 Å². The fraction of sp³-hybridized carbons (Fsp3) is 0.385. The predicted molar refractivity (Wildman–Crippen MR) is 71.0 cm³/mol. The maximum absolute atomic E-state index is 11.8. The largest absolute Gasteiger partial charge is 0.399 e. The van der Waals surface area contributed by atoms with Gasteiger partial charge < -0.3 is 16.4 Å². The van der Waals surface area contributed by atoms with Gasteiger partial charge in [-0.25, -0.2) is 0 Å². The van der Waals surface area contributed by atoms with Crippen molar-refractivity contribution in [2.24, 2.45) is 0 Å². The Morgan fingerprint density at radius 2 is 2.06 bits per heavy atom. The summed E-state index contributed by atoms with van der Waals surface area (Å²) >= 11 is 0. The molecular weight excluding hydrogens is 230 g/mol. The van der Waals surface area contributed by atoms with E-state index >= 15 is 0 Å². The van der Waals surface area contributed by atoms with Crippen LogP contribution in [0.5, 0.6) is 0 Å². The Morgan fingerprint density at radius 1 is 1.33 bits per heavy atom. The fourth-order valence-corrected chi connectivity index (χ4v) is 1.56. The van der Waals surface area contributed by atoms with Gasteiger partial charge in [-0.1, -0.05) is 12.1 Å². The van der Waals surface area contributed by atoms with Crippen molar-refractivity contribution < 1.29 is 9.59 Å². The molecule has 0 spiro atoms. The molecular formula is C13H19N3O2. The number of benzene rings is 1. The Bertz CT molecular complexity index is 432. The van der Waals surface area contributed by atoms with Gasteiger partial charge in [-0.15, -0.1) is 0 Å². The van der Waals surface area contributed by atoms with Crippen LogP contribution in [-0.2, 0) is 9.59 Å². The van der Waals surface area contributed by atoms with E-state index in [1.54, 1.807) is 25.1 Å². The van der Waals surface area contributed by atoms with E-state index in [0.717, 1.165) is 5.56 Å². The maximum Gasteiger partial charge on any atom is 0.239 e. The molecule has 1 rings (SSSR count). The van der Waals surface area contributed by atoms with Crippen LogP contribution in [-0.4, -0.2) is 24.9 Å². The first-order chi connectivity index (χ1) is 8.54. The van der Waals surface area contributed by atoms with Crippen LogP contribution in [0.4, 0.5) is 5.69 Å². The number of carbonyl (C=O) groups is 2. The molecule has 0 heterocycles. The van der Waals surface area contributed by atoms with Crippen LogP contribution in [0.2, 0.25) is 0 Å². The van der Waals surface area contributed by atoms with Crippen molar-refractivity contribution in [3.05, 3.63) is 29.8 Å². The zero-order valence-electron chi connectivity index (χ0n) is 10.7. The molecule has 1 atom stereocenters. The van der Waals surface area contributed by atoms with Gasteiger partial charge in [0.1, 0.15) is 0 Å². The van der Waals surface area contributed by atoms with Gasteiger partial charge in [-0.2, -0.15) is 0 Å². The molecule has 0 bridgehead atoms. The molecule has 98 valence electrons. The zero-order valence-corrected chi connectivity index (χ0v) is 10.7. The second-order valence-corrected chi connectivity index (χ2v) is 4.06. The molecule has 0 fully saturated rings. The lowest BCUT2D eigenvalue weighted by Crippen LogP contribution is -2.38. The minimum absolute atomic E-state index is 0.000666. The summed E-state index contributed by atoms with van der Waals surface area (Å²) < 4.78 is 0. The van der Waals surface area contributed by atoms with Gasteiger partial charge in [0, 0.05) is 12.2 Å². The van der Waals surface area contributed by atoms with Crippen molar-refractivity contribution in [1.29, 1.82) is 0 Å². The molecule has 0 aromatic heterocycles. The summed E-state index contributed by atoms with van der Waals surface area (Å²) in [6.45, 7) is 4.16. The van der Waals surface area contributed by atoms with E-state index in [4.69, 9.17) is 5.73 Å². The highest BCUT2D eigenvalue weighted by atomic mass is 16.2. The number of carbonyl (C=O) groups excluding carboxylic acids is 2. The Kier molecular flexibility index (Phi) is 5.17. The van der Waals surface area contributed by atoms with Crippen LogP contribution < -0.4 is 16.4 Å². The summed E-state index contributed by atoms with van der Waals surface area (Å²) in [4.78, 5) is 23.0.